The van der Waals surface area contributed by atoms with Crippen molar-refractivity contribution >= 4 is 11.7 Å². The Hall–Kier alpha value is -0.860. The molecule has 0 radical (unpaired) electrons. The van der Waals surface area contributed by atoms with Crippen LogP contribution in [0.15, 0.2) is 0 Å². The number of carbonyl (C=O) groups is 2. The average molecular weight is 169 g/mol. The fourth-order valence-electron chi connectivity index (χ4n) is 1.40. The number of Topliss-reactive ketones (excluding diaryl/α,β-unsaturated/α-hetero) is 1. The zero-order chi connectivity index (χ0) is 9.14. The Morgan fingerprint density at radius 2 is 2.33 bits per heavy atom. The van der Waals surface area contributed by atoms with Gasteiger partial charge in [0, 0.05) is 12.8 Å². The number of hydrogen-bond acceptors (Lipinski definition) is 2. The fourth-order valence-corrected chi connectivity index (χ4v) is 1.40. The number of rotatable bonds is 3. The van der Waals surface area contributed by atoms with Gasteiger partial charge in [-0.1, -0.05) is 13.8 Å². The van der Waals surface area contributed by atoms with Gasteiger partial charge in [-0.25, -0.2) is 0 Å². The van der Waals surface area contributed by atoms with Crippen molar-refractivity contribution in [2.24, 2.45) is 5.92 Å². The summed E-state index contributed by atoms with van der Waals surface area (Å²) in [5.74, 6) is 0.572. The first-order valence-electron chi connectivity index (χ1n) is 4.41. The minimum Gasteiger partial charge on any atom is -0.346 e. The largest absolute Gasteiger partial charge is 0.346 e. The molecular weight excluding hydrogens is 154 g/mol. The molecule has 0 aromatic carbocycles. The summed E-state index contributed by atoms with van der Waals surface area (Å²) in [6, 6.07) is -0.195. The van der Waals surface area contributed by atoms with E-state index in [4.69, 9.17) is 0 Å². The Labute approximate surface area is 72.5 Å². The fraction of sp³-hybridized carbons (Fsp3) is 0.778. The van der Waals surface area contributed by atoms with Gasteiger partial charge < -0.3 is 5.32 Å². The van der Waals surface area contributed by atoms with Crippen LogP contribution in [-0.4, -0.2) is 17.7 Å². The Balaban J connectivity index is 2.38. The molecule has 0 unspecified atom stereocenters. The van der Waals surface area contributed by atoms with Crippen LogP contribution in [-0.2, 0) is 9.59 Å². The molecule has 3 nitrogen and oxygen atoms in total. The van der Waals surface area contributed by atoms with Gasteiger partial charge in [0.1, 0.15) is 0 Å². The quantitative estimate of drug-likeness (QED) is 0.681. The molecule has 1 rings (SSSR count). The first-order chi connectivity index (χ1) is 5.59. The van der Waals surface area contributed by atoms with E-state index in [9.17, 15) is 9.59 Å². The summed E-state index contributed by atoms with van der Waals surface area (Å²) >= 11 is 0. The second kappa shape index (κ2) is 3.70. The SMILES string of the molecule is CC(C)CC(=O)[C@@H]1CCC(=O)N1. The lowest BCUT2D eigenvalue weighted by molar-refractivity contribution is -0.124. The zero-order valence-electron chi connectivity index (χ0n) is 7.59. The van der Waals surface area contributed by atoms with E-state index in [1.54, 1.807) is 0 Å². The molecule has 0 aliphatic carbocycles. The molecule has 1 fully saturated rings. The van der Waals surface area contributed by atoms with Gasteiger partial charge in [-0.3, -0.25) is 9.59 Å². The monoisotopic (exact) mass is 169 g/mol. The lowest BCUT2D eigenvalue weighted by atomic mass is 10.0. The van der Waals surface area contributed by atoms with E-state index >= 15 is 0 Å². The van der Waals surface area contributed by atoms with Crippen LogP contribution in [0.1, 0.15) is 33.1 Å². The molecule has 12 heavy (non-hydrogen) atoms. The predicted molar refractivity (Wildman–Crippen MR) is 45.6 cm³/mol. The van der Waals surface area contributed by atoms with Gasteiger partial charge in [-0.05, 0) is 12.3 Å². The van der Waals surface area contributed by atoms with E-state index in [2.05, 4.69) is 5.32 Å². The van der Waals surface area contributed by atoms with Crippen molar-refractivity contribution in [3.8, 4) is 0 Å². The summed E-state index contributed by atoms with van der Waals surface area (Å²) in [4.78, 5) is 22.2. The molecule has 0 saturated carbocycles. The highest BCUT2D eigenvalue weighted by molar-refractivity contribution is 5.92. The lowest BCUT2D eigenvalue weighted by Crippen LogP contribution is -2.33. The first kappa shape index (κ1) is 9.23. The third-order valence-corrected chi connectivity index (χ3v) is 1.99. The number of hydrogen-bond donors (Lipinski definition) is 1. The van der Waals surface area contributed by atoms with Crippen molar-refractivity contribution in [2.45, 2.75) is 39.2 Å². The van der Waals surface area contributed by atoms with Gasteiger partial charge in [0.05, 0.1) is 6.04 Å². The van der Waals surface area contributed by atoms with Crippen molar-refractivity contribution < 1.29 is 9.59 Å². The number of amides is 1. The van der Waals surface area contributed by atoms with Crippen molar-refractivity contribution in [3.05, 3.63) is 0 Å². The minimum atomic E-state index is -0.195. The Morgan fingerprint density at radius 1 is 1.67 bits per heavy atom. The van der Waals surface area contributed by atoms with Crippen molar-refractivity contribution in [1.29, 1.82) is 0 Å². The molecule has 0 aromatic heterocycles. The smallest absolute Gasteiger partial charge is 0.220 e. The third kappa shape index (κ3) is 2.32. The van der Waals surface area contributed by atoms with Crippen LogP contribution in [0.4, 0.5) is 0 Å². The van der Waals surface area contributed by atoms with Crippen LogP contribution in [0.2, 0.25) is 0 Å². The van der Waals surface area contributed by atoms with Gasteiger partial charge in [0.15, 0.2) is 5.78 Å². The zero-order valence-corrected chi connectivity index (χ0v) is 7.59. The molecule has 1 heterocycles. The highest BCUT2D eigenvalue weighted by atomic mass is 16.2. The summed E-state index contributed by atoms with van der Waals surface area (Å²) < 4.78 is 0. The molecule has 1 amide bonds. The third-order valence-electron chi connectivity index (χ3n) is 1.99. The van der Waals surface area contributed by atoms with E-state index < -0.39 is 0 Å². The molecule has 68 valence electrons. The molecule has 1 saturated heterocycles. The highest BCUT2D eigenvalue weighted by Crippen LogP contribution is 2.11. The number of carbonyl (C=O) groups excluding carboxylic acids is 2. The summed E-state index contributed by atoms with van der Waals surface area (Å²) in [5, 5.41) is 2.67. The Bertz CT molecular complexity index is 199. The number of nitrogens with one attached hydrogen (secondary N) is 1. The van der Waals surface area contributed by atoms with Crippen LogP contribution in [0.3, 0.4) is 0 Å². The van der Waals surface area contributed by atoms with Gasteiger partial charge in [-0.2, -0.15) is 0 Å². The lowest BCUT2D eigenvalue weighted by Gasteiger charge is -2.09. The topological polar surface area (TPSA) is 46.2 Å². The second-order valence-corrected chi connectivity index (χ2v) is 3.72. The maximum absolute atomic E-state index is 11.4. The molecule has 3 heteroatoms. The molecule has 0 spiro atoms. The van der Waals surface area contributed by atoms with Crippen LogP contribution >= 0.6 is 0 Å². The van der Waals surface area contributed by atoms with E-state index in [-0.39, 0.29) is 17.7 Å². The maximum atomic E-state index is 11.4. The number of ketones is 1. The van der Waals surface area contributed by atoms with Crippen LogP contribution in [0, 0.1) is 5.92 Å². The normalized spacial score (nSPS) is 22.9. The van der Waals surface area contributed by atoms with Gasteiger partial charge in [0.2, 0.25) is 5.91 Å². The average Bonchev–Trinajstić information content (AvgIpc) is 2.34. The maximum Gasteiger partial charge on any atom is 0.220 e. The standard InChI is InChI=1S/C9H15NO2/c1-6(2)5-8(11)7-3-4-9(12)10-7/h6-7H,3-5H2,1-2H3,(H,10,12)/t7-/m0/s1. The molecular formula is C9H15NO2. The van der Waals surface area contributed by atoms with Crippen molar-refractivity contribution in [2.75, 3.05) is 0 Å². The Kier molecular flexibility index (Phi) is 2.84. The van der Waals surface area contributed by atoms with Gasteiger partial charge in [-0.15, -0.1) is 0 Å². The summed E-state index contributed by atoms with van der Waals surface area (Å²) in [6.45, 7) is 4.02. The van der Waals surface area contributed by atoms with Crippen LogP contribution in [0.5, 0.6) is 0 Å². The summed E-state index contributed by atoms with van der Waals surface area (Å²) in [7, 11) is 0. The Morgan fingerprint density at radius 3 is 2.75 bits per heavy atom. The van der Waals surface area contributed by atoms with Crippen LogP contribution < -0.4 is 5.32 Å². The predicted octanol–water partition coefficient (Wildman–Crippen LogP) is 0.880. The van der Waals surface area contributed by atoms with E-state index in [1.165, 1.54) is 0 Å². The van der Waals surface area contributed by atoms with Gasteiger partial charge >= 0.3 is 0 Å². The summed E-state index contributed by atoms with van der Waals surface area (Å²) in [6.07, 6.45) is 1.77. The second-order valence-electron chi connectivity index (χ2n) is 3.72. The summed E-state index contributed by atoms with van der Waals surface area (Å²) in [5.41, 5.74) is 0. The van der Waals surface area contributed by atoms with E-state index in [0.29, 0.717) is 25.2 Å². The molecule has 1 N–H and O–H groups in total. The minimum absolute atomic E-state index is 0.0112. The van der Waals surface area contributed by atoms with Crippen molar-refractivity contribution in [3.63, 3.8) is 0 Å². The highest BCUT2D eigenvalue weighted by Gasteiger charge is 2.26. The van der Waals surface area contributed by atoms with Gasteiger partial charge in [0.25, 0.3) is 0 Å². The molecule has 0 aromatic rings. The molecule has 0 bridgehead atoms. The molecule has 1 aliphatic heterocycles. The first-order valence-corrected chi connectivity index (χ1v) is 4.41. The van der Waals surface area contributed by atoms with E-state index in [1.807, 2.05) is 13.8 Å². The van der Waals surface area contributed by atoms with Crippen LogP contribution in [0.25, 0.3) is 0 Å². The molecule has 1 atom stereocenters. The van der Waals surface area contributed by atoms with Crippen molar-refractivity contribution in [1.82, 2.24) is 5.32 Å². The van der Waals surface area contributed by atoms with E-state index in [0.717, 1.165) is 0 Å². The molecule has 1 aliphatic rings.